The fraction of sp³-hybridized carbons (Fsp3) is 0.409. The van der Waals surface area contributed by atoms with E-state index in [4.69, 9.17) is 9.72 Å². The fourth-order valence-electron chi connectivity index (χ4n) is 3.99. The van der Waals surface area contributed by atoms with Gasteiger partial charge in [0.2, 0.25) is 0 Å². The molecule has 1 aliphatic heterocycles. The first-order valence-corrected chi connectivity index (χ1v) is 12.1. The summed E-state index contributed by atoms with van der Waals surface area (Å²) in [6.45, 7) is 2.88. The van der Waals surface area contributed by atoms with Crippen molar-refractivity contribution in [2.45, 2.75) is 25.8 Å². The van der Waals surface area contributed by atoms with Crippen LogP contribution in [0, 0.1) is 6.92 Å². The van der Waals surface area contributed by atoms with Crippen LogP contribution in [0.2, 0.25) is 0 Å². The first-order chi connectivity index (χ1) is 14.9. The van der Waals surface area contributed by atoms with Gasteiger partial charge >= 0.3 is 0 Å². The average Bonchev–Trinajstić information content (AvgIpc) is 3.30. The topological polar surface area (TPSA) is 103 Å². The fourth-order valence-corrected chi connectivity index (χ4v) is 5.68. The first kappa shape index (κ1) is 21.5. The highest BCUT2D eigenvalue weighted by Crippen LogP contribution is 2.32. The molecule has 0 saturated carbocycles. The number of carbonyl (C=O) groups excluding carboxylic acids is 1. The lowest BCUT2D eigenvalue weighted by molar-refractivity contribution is 0.0950. The zero-order valence-corrected chi connectivity index (χ0v) is 18.5. The van der Waals surface area contributed by atoms with Crippen LogP contribution in [0.3, 0.4) is 0 Å². The lowest BCUT2D eigenvalue weighted by atomic mass is 10.0. The van der Waals surface area contributed by atoms with Crippen LogP contribution in [-0.4, -0.2) is 60.9 Å². The minimum Gasteiger partial charge on any atom is -0.385 e. The molecule has 3 heterocycles. The number of nitrogens with one attached hydrogen (secondary N) is 1. The third-order valence-corrected chi connectivity index (χ3v) is 7.27. The molecule has 0 unspecified atom stereocenters. The van der Waals surface area contributed by atoms with Gasteiger partial charge in [0.15, 0.2) is 15.5 Å². The molecule has 4 rings (SSSR count). The maximum Gasteiger partial charge on any atom is 0.252 e. The van der Waals surface area contributed by atoms with E-state index in [1.807, 2.05) is 37.3 Å². The van der Waals surface area contributed by atoms with Crippen LogP contribution in [0.1, 0.15) is 34.9 Å². The van der Waals surface area contributed by atoms with Gasteiger partial charge in [-0.1, -0.05) is 30.3 Å². The summed E-state index contributed by atoms with van der Waals surface area (Å²) in [7, 11) is -1.46. The number of hydrogen-bond donors (Lipinski definition) is 1. The zero-order chi connectivity index (χ0) is 22.0. The number of fused-ring (bicyclic) bond motifs is 1. The zero-order valence-electron chi connectivity index (χ0n) is 17.7. The van der Waals surface area contributed by atoms with E-state index in [0.717, 1.165) is 5.56 Å². The van der Waals surface area contributed by atoms with Gasteiger partial charge < -0.3 is 10.1 Å². The summed E-state index contributed by atoms with van der Waals surface area (Å²) >= 11 is 0. The number of methoxy groups -OCH3 is 1. The maximum absolute atomic E-state index is 13.1. The van der Waals surface area contributed by atoms with Crippen molar-refractivity contribution in [1.82, 2.24) is 20.1 Å². The maximum atomic E-state index is 13.1. The summed E-state index contributed by atoms with van der Waals surface area (Å²) in [6.07, 6.45) is 1.20. The molecule has 9 heteroatoms. The molecular weight excluding hydrogens is 416 g/mol. The number of hydrogen-bond acceptors (Lipinski definition) is 6. The molecule has 1 fully saturated rings. The van der Waals surface area contributed by atoms with E-state index in [-0.39, 0.29) is 23.5 Å². The second-order valence-electron chi connectivity index (χ2n) is 7.81. The number of pyridine rings is 1. The molecule has 2 aromatic heterocycles. The number of aryl methyl sites for hydroxylation is 1. The number of ether oxygens (including phenoxy) is 1. The number of benzene rings is 1. The molecule has 0 spiro atoms. The Labute approximate surface area is 181 Å². The summed E-state index contributed by atoms with van der Waals surface area (Å²) in [5.74, 6) is -0.0233. The van der Waals surface area contributed by atoms with E-state index in [9.17, 15) is 13.2 Å². The molecule has 1 atom stereocenters. The Balaban J connectivity index is 1.82. The van der Waals surface area contributed by atoms with E-state index in [2.05, 4.69) is 10.4 Å². The lowest BCUT2D eigenvalue weighted by Gasteiger charge is -2.12. The van der Waals surface area contributed by atoms with Crippen LogP contribution in [0.4, 0.5) is 0 Å². The highest BCUT2D eigenvalue weighted by molar-refractivity contribution is 7.91. The largest absolute Gasteiger partial charge is 0.385 e. The molecule has 1 aliphatic rings. The molecule has 0 aliphatic carbocycles. The number of sulfone groups is 1. The van der Waals surface area contributed by atoms with Crippen LogP contribution in [-0.2, 0) is 14.6 Å². The molecule has 1 aromatic carbocycles. The molecule has 8 nitrogen and oxygen atoms in total. The second kappa shape index (κ2) is 8.76. The number of carbonyl (C=O) groups is 1. The number of rotatable bonds is 7. The predicted molar refractivity (Wildman–Crippen MR) is 119 cm³/mol. The van der Waals surface area contributed by atoms with Gasteiger partial charge in [-0.3, -0.25) is 4.79 Å². The van der Waals surface area contributed by atoms with Gasteiger partial charge in [-0.05, 0) is 25.8 Å². The summed E-state index contributed by atoms with van der Waals surface area (Å²) in [5.41, 5.74) is 3.22. The van der Waals surface area contributed by atoms with E-state index < -0.39 is 9.84 Å². The van der Waals surface area contributed by atoms with Crippen LogP contribution < -0.4 is 5.32 Å². The minimum atomic E-state index is -3.09. The molecule has 164 valence electrons. The Kier molecular flexibility index (Phi) is 6.06. The normalized spacial score (nSPS) is 17.8. The van der Waals surface area contributed by atoms with E-state index >= 15 is 0 Å². The lowest BCUT2D eigenvalue weighted by Crippen LogP contribution is -2.25. The molecule has 0 radical (unpaired) electrons. The Hall–Kier alpha value is -2.78. The van der Waals surface area contributed by atoms with Crippen molar-refractivity contribution >= 4 is 26.8 Å². The predicted octanol–water partition coefficient (Wildman–Crippen LogP) is 2.53. The molecule has 1 N–H and O–H groups in total. The van der Waals surface area contributed by atoms with E-state index in [0.29, 0.717) is 54.0 Å². The molecule has 3 aromatic rings. The highest BCUT2D eigenvalue weighted by Gasteiger charge is 2.32. The number of nitrogens with zero attached hydrogens (tertiary/aromatic N) is 3. The van der Waals surface area contributed by atoms with Crippen molar-refractivity contribution in [3.8, 4) is 11.3 Å². The number of amides is 1. The Morgan fingerprint density at radius 2 is 2.06 bits per heavy atom. The van der Waals surface area contributed by atoms with Crippen LogP contribution >= 0.6 is 0 Å². The quantitative estimate of drug-likeness (QED) is 0.564. The monoisotopic (exact) mass is 442 g/mol. The third-order valence-electron chi connectivity index (χ3n) is 5.52. The SMILES string of the molecule is COCCCNC(=O)c1cc(-c2ccccc2)nc2c1c(C)nn2[C@H]1CCS(=O)(=O)C1. The summed E-state index contributed by atoms with van der Waals surface area (Å²) in [4.78, 5) is 17.9. The Morgan fingerprint density at radius 3 is 2.74 bits per heavy atom. The van der Waals surface area contributed by atoms with Crippen molar-refractivity contribution < 1.29 is 17.9 Å². The Bertz CT molecular complexity index is 1210. The van der Waals surface area contributed by atoms with Gasteiger partial charge in [-0.15, -0.1) is 0 Å². The second-order valence-corrected chi connectivity index (χ2v) is 10.0. The molecule has 0 bridgehead atoms. The van der Waals surface area contributed by atoms with Crippen LogP contribution in [0.5, 0.6) is 0 Å². The smallest absolute Gasteiger partial charge is 0.252 e. The highest BCUT2D eigenvalue weighted by atomic mass is 32.2. The van der Waals surface area contributed by atoms with Crippen LogP contribution in [0.25, 0.3) is 22.3 Å². The third kappa shape index (κ3) is 4.47. The first-order valence-electron chi connectivity index (χ1n) is 10.3. The van der Waals surface area contributed by atoms with Crippen molar-refractivity contribution in [2.24, 2.45) is 0 Å². The molecular formula is C22H26N4O4S. The van der Waals surface area contributed by atoms with Gasteiger partial charge in [0, 0.05) is 25.8 Å². The van der Waals surface area contributed by atoms with E-state index in [1.165, 1.54) is 0 Å². The molecule has 1 amide bonds. The van der Waals surface area contributed by atoms with Crippen molar-refractivity contribution in [1.29, 1.82) is 0 Å². The molecule has 31 heavy (non-hydrogen) atoms. The standard InChI is InChI=1S/C22H26N4O4S/c1-15-20-18(22(27)23-10-6-11-30-2)13-19(16-7-4-3-5-8-16)24-21(20)26(25-15)17-9-12-31(28,29)14-17/h3-5,7-8,13,17H,6,9-12,14H2,1-2H3,(H,23,27)/t17-/m0/s1. The van der Waals surface area contributed by atoms with Crippen molar-refractivity contribution in [3.05, 3.63) is 47.7 Å². The van der Waals surface area contributed by atoms with Gasteiger partial charge in [-0.25, -0.2) is 18.1 Å². The van der Waals surface area contributed by atoms with Gasteiger partial charge in [-0.2, -0.15) is 5.10 Å². The summed E-state index contributed by atoms with van der Waals surface area (Å²) in [6, 6.07) is 11.1. The van der Waals surface area contributed by atoms with Gasteiger partial charge in [0.1, 0.15) is 0 Å². The van der Waals surface area contributed by atoms with Crippen molar-refractivity contribution in [2.75, 3.05) is 31.8 Å². The average molecular weight is 443 g/mol. The van der Waals surface area contributed by atoms with E-state index in [1.54, 1.807) is 17.9 Å². The number of aromatic nitrogens is 3. The van der Waals surface area contributed by atoms with Crippen LogP contribution in [0.15, 0.2) is 36.4 Å². The van der Waals surface area contributed by atoms with Crippen molar-refractivity contribution in [3.63, 3.8) is 0 Å². The summed E-state index contributed by atoms with van der Waals surface area (Å²) in [5, 5.41) is 8.22. The van der Waals surface area contributed by atoms with Gasteiger partial charge in [0.25, 0.3) is 5.91 Å². The van der Waals surface area contributed by atoms with Gasteiger partial charge in [0.05, 0.1) is 39.9 Å². The Morgan fingerprint density at radius 1 is 1.29 bits per heavy atom. The summed E-state index contributed by atoms with van der Waals surface area (Å²) < 4.78 is 30.9. The molecule has 1 saturated heterocycles. The minimum absolute atomic E-state index is 0.0407.